The molecule has 0 spiro atoms. The van der Waals surface area contributed by atoms with Crippen LogP contribution in [-0.2, 0) is 31.5 Å². The van der Waals surface area contributed by atoms with Crippen molar-refractivity contribution in [3.8, 4) is 5.88 Å². The fraction of sp³-hybridized carbons (Fsp3) is 0.240. The summed E-state index contributed by atoms with van der Waals surface area (Å²) in [5.74, 6) is -1.20. The van der Waals surface area contributed by atoms with Gasteiger partial charge in [-0.2, -0.15) is 0 Å². The van der Waals surface area contributed by atoms with Crippen molar-refractivity contribution >= 4 is 23.2 Å². The number of nitrogens with one attached hydrogen (secondary N) is 1. The molecule has 0 aliphatic carbocycles. The van der Waals surface area contributed by atoms with Gasteiger partial charge in [0.25, 0.3) is 5.91 Å². The second kappa shape index (κ2) is 10.6. The van der Waals surface area contributed by atoms with Crippen LogP contribution in [0.4, 0.5) is 0 Å². The van der Waals surface area contributed by atoms with E-state index in [2.05, 4.69) is 15.5 Å². The molecule has 0 atom stereocenters. The number of carbonyl (C=O) groups is 1. The molecular formula is C25H24ClN3O5. The first kappa shape index (κ1) is 23.7. The molecule has 176 valence electrons. The first-order valence-electron chi connectivity index (χ1n) is 10.6. The molecule has 1 saturated heterocycles. The first-order chi connectivity index (χ1) is 16.6. The van der Waals surface area contributed by atoms with Crippen LogP contribution in [0.25, 0.3) is 0 Å². The van der Waals surface area contributed by atoms with Gasteiger partial charge in [-0.1, -0.05) is 71.4 Å². The van der Waals surface area contributed by atoms with Crippen LogP contribution in [0.5, 0.6) is 5.88 Å². The van der Waals surface area contributed by atoms with Gasteiger partial charge in [0.2, 0.25) is 11.7 Å². The van der Waals surface area contributed by atoms with Crippen LogP contribution < -0.4 is 10.1 Å². The SMILES string of the molecule is CNC(=O)C(=NOC)c1ccccc1COc1ncc(C2(c3ccccc3)OCCO2)cc1Cl. The summed E-state index contributed by atoms with van der Waals surface area (Å²) in [4.78, 5) is 21.6. The standard InChI is InChI=1S/C25H24ClN3O5/c1-27-23(30)22(29-31-2)20-11-7-6-8-17(20)16-32-24-21(26)14-19(15-28-24)25(33-12-13-34-25)18-9-4-3-5-10-18/h3-11,14-15H,12-13,16H2,1-2H3,(H,27,30). The van der Waals surface area contributed by atoms with Gasteiger partial charge in [0.1, 0.15) is 18.7 Å². The number of nitrogens with zero attached hydrogens (tertiary/aromatic N) is 2. The molecule has 3 aromatic rings. The predicted molar refractivity (Wildman–Crippen MR) is 127 cm³/mol. The lowest BCUT2D eigenvalue weighted by molar-refractivity contribution is -0.130. The Morgan fingerprint density at radius 1 is 1.12 bits per heavy atom. The van der Waals surface area contributed by atoms with Gasteiger partial charge in [-0.3, -0.25) is 4.79 Å². The van der Waals surface area contributed by atoms with Gasteiger partial charge in [-0.15, -0.1) is 0 Å². The van der Waals surface area contributed by atoms with Gasteiger partial charge < -0.3 is 24.4 Å². The molecule has 0 saturated carbocycles. The number of rotatable bonds is 8. The Kier molecular flexibility index (Phi) is 7.42. The van der Waals surface area contributed by atoms with Crippen LogP contribution in [0, 0.1) is 0 Å². The highest BCUT2D eigenvalue weighted by Gasteiger charge is 2.41. The second-order valence-corrected chi connectivity index (χ2v) is 7.75. The lowest BCUT2D eigenvalue weighted by atomic mass is 9.99. The highest BCUT2D eigenvalue weighted by molar-refractivity contribution is 6.45. The minimum absolute atomic E-state index is 0.110. The molecule has 1 fully saturated rings. The highest BCUT2D eigenvalue weighted by Crippen LogP contribution is 2.40. The van der Waals surface area contributed by atoms with Crippen molar-refractivity contribution < 1.29 is 23.8 Å². The van der Waals surface area contributed by atoms with Crippen LogP contribution in [0.15, 0.2) is 72.0 Å². The van der Waals surface area contributed by atoms with Crippen LogP contribution >= 0.6 is 11.6 Å². The summed E-state index contributed by atoms with van der Waals surface area (Å²) in [5.41, 5.74) is 2.95. The zero-order valence-corrected chi connectivity index (χ0v) is 19.5. The molecule has 1 aliphatic rings. The molecule has 9 heteroatoms. The van der Waals surface area contributed by atoms with Crippen molar-refractivity contribution in [1.82, 2.24) is 10.3 Å². The van der Waals surface area contributed by atoms with Crippen LogP contribution in [-0.4, -0.2) is 44.0 Å². The third-order valence-corrected chi connectivity index (χ3v) is 5.57. The van der Waals surface area contributed by atoms with E-state index >= 15 is 0 Å². The largest absolute Gasteiger partial charge is 0.472 e. The maximum absolute atomic E-state index is 12.3. The summed E-state index contributed by atoms with van der Waals surface area (Å²) in [7, 11) is 2.91. The van der Waals surface area contributed by atoms with Crippen molar-refractivity contribution in [2.24, 2.45) is 5.16 Å². The van der Waals surface area contributed by atoms with Gasteiger partial charge in [0, 0.05) is 29.9 Å². The molecule has 8 nitrogen and oxygen atoms in total. The predicted octanol–water partition coefficient (Wildman–Crippen LogP) is 3.66. The number of hydrogen-bond donors (Lipinski definition) is 1. The number of aromatic nitrogens is 1. The molecule has 1 N–H and O–H groups in total. The Balaban J connectivity index is 1.59. The minimum atomic E-state index is -1.07. The van der Waals surface area contributed by atoms with E-state index < -0.39 is 5.79 Å². The molecule has 2 aromatic carbocycles. The minimum Gasteiger partial charge on any atom is -0.472 e. The third-order valence-electron chi connectivity index (χ3n) is 5.30. The van der Waals surface area contributed by atoms with Crippen molar-refractivity contribution in [1.29, 1.82) is 0 Å². The van der Waals surface area contributed by atoms with Crippen molar-refractivity contribution in [3.05, 3.63) is 94.1 Å². The number of pyridine rings is 1. The Hall–Kier alpha value is -3.46. The molecule has 34 heavy (non-hydrogen) atoms. The highest BCUT2D eigenvalue weighted by atomic mass is 35.5. The summed E-state index contributed by atoms with van der Waals surface area (Å²) in [6.07, 6.45) is 1.63. The zero-order valence-electron chi connectivity index (χ0n) is 18.8. The summed E-state index contributed by atoms with van der Waals surface area (Å²) in [6.45, 7) is 1.02. The normalized spacial score (nSPS) is 15.1. The number of amides is 1. The number of benzene rings is 2. The number of hydrogen-bond acceptors (Lipinski definition) is 7. The average Bonchev–Trinajstić information content (AvgIpc) is 3.38. The van der Waals surface area contributed by atoms with E-state index in [1.54, 1.807) is 24.4 Å². The molecule has 1 aliphatic heterocycles. The smallest absolute Gasteiger partial charge is 0.273 e. The van der Waals surface area contributed by atoms with Gasteiger partial charge in [0.05, 0.1) is 13.2 Å². The molecule has 0 bridgehead atoms. The number of oxime groups is 1. The molecular weight excluding hydrogens is 458 g/mol. The van der Waals surface area contributed by atoms with Crippen molar-refractivity contribution in [3.63, 3.8) is 0 Å². The summed E-state index contributed by atoms with van der Waals surface area (Å²) in [5, 5.41) is 6.74. The summed E-state index contributed by atoms with van der Waals surface area (Å²) >= 11 is 6.54. The van der Waals surface area contributed by atoms with Crippen LogP contribution in [0.1, 0.15) is 22.3 Å². The van der Waals surface area contributed by atoms with Gasteiger partial charge in [-0.25, -0.2) is 4.98 Å². The van der Waals surface area contributed by atoms with E-state index in [0.29, 0.717) is 34.9 Å². The summed E-state index contributed by atoms with van der Waals surface area (Å²) in [6, 6.07) is 18.6. The Morgan fingerprint density at radius 3 is 2.50 bits per heavy atom. The Bertz CT molecular complexity index is 1180. The molecule has 2 heterocycles. The van der Waals surface area contributed by atoms with Crippen LogP contribution in [0.2, 0.25) is 5.02 Å². The maximum Gasteiger partial charge on any atom is 0.273 e. The van der Waals surface area contributed by atoms with E-state index in [1.807, 2.05) is 42.5 Å². The van der Waals surface area contributed by atoms with Gasteiger partial charge in [-0.05, 0) is 11.6 Å². The monoisotopic (exact) mass is 481 g/mol. The second-order valence-electron chi connectivity index (χ2n) is 7.34. The summed E-state index contributed by atoms with van der Waals surface area (Å²) < 4.78 is 17.9. The molecule has 1 amide bonds. The first-order valence-corrected chi connectivity index (χ1v) is 11.0. The third kappa shape index (κ3) is 4.75. The Labute approximate surface area is 202 Å². The maximum atomic E-state index is 12.3. The quantitative estimate of drug-likeness (QED) is 0.390. The van der Waals surface area contributed by atoms with Crippen molar-refractivity contribution in [2.75, 3.05) is 27.4 Å². The number of ether oxygens (including phenoxy) is 3. The Morgan fingerprint density at radius 2 is 1.82 bits per heavy atom. The zero-order chi connectivity index (χ0) is 24.0. The van der Waals surface area contributed by atoms with E-state index in [4.69, 9.17) is 30.6 Å². The van der Waals surface area contributed by atoms with E-state index in [0.717, 1.165) is 5.56 Å². The van der Waals surface area contributed by atoms with Gasteiger partial charge >= 0.3 is 0 Å². The van der Waals surface area contributed by atoms with E-state index in [1.165, 1.54) is 14.2 Å². The number of likely N-dealkylation sites (N-methyl/N-ethyl adjacent to an activating group) is 1. The average molecular weight is 482 g/mol. The van der Waals surface area contributed by atoms with E-state index in [-0.39, 0.29) is 24.1 Å². The van der Waals surface area contributed by atoms with E-state index in [9.17, 15) is 4.79 Å². The number of carbonyl (C=O) groups excluding carboxylic acids is 1. The molecule has 1 aromatic heterocycles. The molecule has 0 radical (unpaired) electrons. The van der Waals surface area contributed by atoms with Crippen molar-refractivity contribution in [2.45, 2.75) is 12.4 Å². The van der Waals surface area contributed by atoms with Crippen LogP contribution in [0.3, 0.4) is 0 Å². The number of halogens is 1. The molecule has 0 unspecified atom stereocenters. The fourth-order valence-corrected chi connectivity index (χ4v) is 3.95. The fourth-order valence-electron chi connectivity index (χ4n) is 3.73. The lowest BCUT2D eigenvalue weighted by Crippen LogP contribution is -2.29. The lowest BCUT2D eigenvalue weighted by Gasteiger charge is -2.28. The molecule has 4 rings (SSSR count). The topological polar surface area (TPSA) is 91.3 Å². The van der Waals surface area contributed by atoms with Gasteiger partial charge in [0.15, 0.2) is 5.71 Å².